The number of methoxy groups -OCH3 is 1. The number of nitrogens with one attached hydrogen (secondary N) is 1. The summed E-state index contributed by atoms with van der Waals surface area (Å²) in [5.74, 6) is -0.384. The summed E-state index contributed by atoms with van der Waals surface area (Å²) >= 11 is 0. The molecule has 1 aromatic carbocycles. The van der Waals surface area contributed by atoms with Gasteiger partial charge in [0.25, 0.3) is 11.6 Å². The van der Waals surface area contributed by atoms with E-state index in [-0.39, 0.29) is 18.1 Å². The molecular formula is C14H20N2O5. The van der Waals surface area contributed by atoms with Crippen LogP contribution < -0.4 is 5.32 Å². The number of hydrogen-bond donors (Lipinski definition) is 2. The highest BCUT2D eigenvalue weighted by Gasteiger charge is 2.21. The van der Waals surface area contributed by atoms with Gasteiger partial charge in [-0.1, -0.05) is 0 Å². The number of rotatable bonds is 7. The molecule has 0 saturated carbocycles. The summed E-state index contributed by atoms with van der Waals surface area (Å²) < 4.78 is 4.88. The molecule has 7 heteroatoms. The fourth-order valence-corrected chi connectivity index (χ4v) is 1.78. The van der Waals surface area contributed by atoms with Gasteiger partial charge in [0.05, 0.1) is 10.5 Å². The highest BCUT2D eigenvalue weighted by molar-refractivity contribution is 5.94. The number of hydrogen-bond acceptors (Lipinski definition) is 5. The Morgan fingerprint density at radius 3 is 2.71 bits per heavy atom. The van der Waals surface area contributed by atoms with Crippen LogP contribution in [0.5, 0.6) is 0 Å². The maximum atomic E-state index is 12.0. The first-order chi connectivity index (χ1) is 9.76. The zero-order valence-electron chi connectivity index (χ0n) is 12.4. The van der Waals surface area contributed by atoms with E-state index >= 15 is 0 Å². The second-order valence-corrected chi connectivity index (χ2v) is 5.18. The fourth-order valence-electron chi connectivity index (χ4n) is 1.78. The second-order valence-electron chi connectivity index (χ2n) is 5.18. The second kappa shape index (κ2) is 7.14. The largest absolute Gasteiger partial charge is 0.388 e. The molecule has 0 heterocycles. The molecule has 7 nitrogen and oxygen atoms in total. The van der Waals surface area contributed by atoms with Gasteiger partial charge in [0.15, 0.2) is 0 Å². The highest BCUT2D eigenvalue weighted by Crippen LogP contribution is 2.18. The Morgan fingerprint density at radius 1 is 1.52 bits per heavy atom. The molecule has 0 bridgehead atoms. The summed E-state index contributed by atoms with van der Waals surface area (Å²) in [4.78, 5) is 22.2. The smallest absolute Gasteiger partial charge is 0.272 e. The van der Waals surface area contributed by atoms with E-state index in [0.29, 0.717) is 24.2 Å². The number of carbonyl (C=O) groups is 1. The van der Waals surface area contributed by atoms with Crippen LogP contribution in [-0.4, -0.2) is 41.8 Å². The van der Waals surface area contributed by atoms with E-state index in [1.54, 1.807) is 13.8 Å². The van der Waals surface area contributed by atoms with Crippen LogP contribution in [0.3, 0.4) is 0 Å². The summed E-state index contributed by atoms with van der Waals surface area (Å²) in [6.07, 6.45) is 0.392. The van der Waals surface area contributed by atoms with Crippen molar-refractivity contribution in [2.45, 2.75) is 25.9 Å². The van der Waals surface area contributed by atoms with Gasteiger partial charge < -0.3 is 15.2 Å². The zero-order valence-corrected chi connectivity index (χ0v) is 12.4. The number of nitro benzene ring substituents is 1. The van der Waals surface area contributed by atoms with Crippen molar-refractivity contribution in [3.8, 4) is 0 Å². The Morgan fingerprint density at radius 2 is 2.19 bits per heavy atom. The number of carbonyl (C=O) groups excluding carboxylic acids is 1. The van der Waals surface area contributed by atoms with Gasteiger partial charge in [0, 0.05) is 43.9 Å². The van der Waals surface area contributed by atoms with Crippen molar-refractivity contribution in [3.05, 3.63) is 39.4 Å². The summed E-state index contributed by atoms with van der Waals surface area (Å²) in [6, 6.07) is 4.15. The van der Waals surface area contributed by atoms with E-state index in [2.05, 4.69) is 5.32 Å². The number of aliphatic hydroxyl groups is 1. The third kappa shape index (κ3) is 5.13. The van der Waals surface area contributed by atoms with Gasteiger partial charge in [-0.05, 0) is 26.0 Å². The van der Waals surface area contributed by atoms with Gasteiger partial charge in [-0.25, -0.2) is 0 Å². The molecule has 1 atom stereocenters. The van der Waals surface area contributed by atoms with Gasteiger partial charge in [-0.15, -0.1) is 0 Å². The third-order valence-corrected chi connectivity index (χ3v) is 3.13. The Labute approximate surface area is 123 Å². The van der Waals surface area contributed by atoms with Gasteiger partial charge in [-0.2, -0.15) is 0 Å². The summed E-state index contributed by atoms with van der Waals surface area (Å²) in [5, 5.41) is 23.4. The van der Waals surface area contributed by atoms with Crippen molar-refractivity contribution < 1.29 is 19.6 Å². The Kier molecular flexibility index (Phi) is 5.80. The Bertz CT molecular complexity index is 528. The lowest BCUT2D eigenvalue weighted by molar-refractivity contribution is -0.385. The molecule has 2 N–H and O–H groups in total. The first-order valence-electron chi connectivity index (χ1n) is 6.51. The number of amides is 1. The van der Waals surface area contributed by atoms with Crippen LogP contribution in [0, 0.1) is 17.0 Å². The van der Waals surface area contributed by atoms with Crippen molar-refractivity contribution in [1.82, 2.24) is 5.32 Å². The minimum atomic E-state index is -1.07. The Hall–Kier alpha value is -1.99. The molecular weight excluding hydrogens is 276 g/mol. The van der Waals surface area contributed by atoms with Crippen LogP contribution in [0.2, 0.25) is 0 Å². The molecule has 0 aromatic heterocycles. The fraction of sp³-hybridized carbons (Fsp3) is 0.500. The van der Waals surface area contributed by atoms with Gasteiger partial charge in [-0.3, -0.25) is 14.9 Å². The molecule has 0 spiro atoms. The van der Waals surface area contributed by atoms with E-state index in [4.69, 9.17) is 4.74 Å². The molecule has 0 fully saturated rings. The molecule has 0 aliphatic heterocycles. The van der Waals surface area contributed by atoms with Crippen molar-refractivity contribution in [1.29, 1.82) is 0 Å². The van der Waals surface area contributed by atoms with Crippen LogP contribution in [0.4, 0.5) is 5.69 Å². The van der Waals surface area contributed by atoms with Crippen LogP contribution in [-0.2, 0) is 4.74 Å². The third-order valence-electron chi connectivity index (χ3n) is 3.13. The van der Waals surface area contributed by atoms with Crippen molar-refractivity contribution in [2.75, 3.05) is 20.3 Å². The highest BCUT2D eigenvalue weighted by atomic mass is 16.6. The van der Waals surface area contributed by atoms with E-state index in [0.717, 1.165) is 0 Å². The van der Waals surface area contributed by atoms with Crippen molar-refractivity contribution in [2.24, 2.45) is 0 Å². The van der Waals surface area contributed by atoms with Crippen LogP contribution in [0.1, 0.15) is 29.3 Å². The molecule has 1 unspecified atom stereocenters. The van der Waals surface area contributed by atoms with Gasteiger partial charge in [0.2, 0.25) is 0 Å². The van der Waals surface area contributed by atoms with E-state index in [1.165, 1.54) is 25.3 Å². The molecule has 0 aliphatic carbocycles. The van der Waals surface area contributed by atoms with E-state index in [1.807, 2.05) is 0 Å². The van der Waals surface area contributed by atoms with Crippen LogP contribution >= 0.6 is 0 Å². The van der Waals surface area contributed by atoms with E-state index in [9.17, 15) is 20.0 Å². The first-order valence-corrected chi connectivity index (χ1v) is 6.51. The van der Waals surface area contributed by atoms with Crippen LogP contribution in [0.15, 0.2) is 18.2 Å². The predicted molar refractivity (Wildman–Crippen MR) is 77.3 cm³/mol. The number of aryl methyl sites for hydroxylation is 1. The topological polar surface area (TPSA) is 102 Å². The predicted octanol–water partition coefficient (Wildman–Crippen LogP) is 1.42. The van der Waals surface area contributed by atoms with Gasteiger partial charge >= 0.3 is 0 Å². The monoisotopic (exact) mass is 296 g/mol. The number of nitro groups is 1. The minimum Gasteiger partial charge on any atom is -0.388 e. The summed E-state index contributed by atoms with van der Waals surface area (Å²) in [5.41, 5.74) is -0.361. The average Bonchev–Trinajstić information content (AvgIpc) is 2.42. The van der Waals surface area contributed by atoms with Gasteiger partial charge in [0.1, 0.15) is 0 Å². The van der Waals surface area contributed by atoms with Crippen molar-refractivity contribution >= 4 is 11.6 Å². The maximum absolute atomic E-state index is 12.0. The van der Waals surface area contributed by atoms with E-state index < -0.39 is 10.5 Å². The maximum Gasteiger partial charge on any atom is 0.272 e. The first kappa shape index (κ1) is 17.1. The summed E-state index contributed by atoms with van der Waals surface area (Å²) in [7, 11) is 1.54. The lowest BCUT2D eigenvalue weighted by atomic mass is 10.0. The molecule has 1 aromatic rings. The lowest BCUT2D eigenvalue weighted by Crippen LogP contribution is -2.41. The molecule has 0 saturated heterocycles. The number of ether oxygens (including phenoxy) is 1. The molecule has 116 valence electrons. The normalized spacial score (nSPS) is 13.5. The molecule has 0 radical (unpaired) electrons. The number of benzene rings is 1. The molecule has 1 amide bonds. The van der Waals surface area contributed by atoms with Crippen LogP contribution in [0.25, 0.3) is 0 Å². The quantitative estimate of drug-likeness (QED) is 0.585. The average molecular weight is 296 g/mol. The lowest BCUT2D eigenvalue weighted by Gasteiger charge is -2.23. The molecule has 21 heavy (non-hydrogen) atoms. The minimum absolute atomic E-state index is 0.0290. The standard InChI is InChI=1S/C14H20N2O5/c1-10-8-11(4-5-12(10)16(19)20)13(17)15-9-14(2,18)6-7-21-3/h4-5,8,18H,6-7,9H2,1-3H3,(H,15,17). The molecule has 1 rings (SSSR count). The SMILES string of the molecule is COCCC(C)(O)CNC(=O)c1ccc([N+](=O)[O-])c(C)c1. The molecule has 0 aliphatic rings. The zero-order chi connectivity index (χ0) is 16.0. The Balaban J connectivity index is 2.68. The van der Waals surface area contributed by atoms with Crippen molar-refractivity contribution in [3.63, 3.8) is 0 Å². The number of nitrogens with zero attached hydrogens (tertiary/aromatic N) is 1. The summed E-state index contributed by atoms with van der Waals surface area (Å²) in [6.45, 7) is 3.64.